The summed E-state index contributed by atoms with van der Waals surface area (Å²) < 4.78 is 6.31. The van der Waals surface area contributed by atoms with E-state index < -0.39 is 5.91 Å². The Hall–Kier alpha value is -3.01. The van der Waals surface area contributed by atoms with Crippen molar-refractivity contribution in [1.29, 1.82) is 5.26 Å². The molecule has 0 saturated heterocycles. The number of aromatic nitrogens is 2. The lowest BCUT2D eigenvalue weighted by Crippen LogP contribution is -2.15. The van der Waals surface area contributed by atoms with Gasteiger partial charge in [0.05, 0.1) is 18.9 Å². The largest absolute Gasteiger partial charge is 0.507 e. The Balaban J connectivity index is 2.29. The summed E-state index contributed by atoms with van der Waals surface area (Å²) in [6.07, 6.45) is 1.35. The molecule has 1 amide bonds. The van der Waals surface area contributed by atoms with Gasteiger partial charge in [-0.2, -0.15) is 10.4 Å². The van der Waals surface area contributed by atoms with Crippen LogP contribution in [0, 0.1) is 11.3 Å². The van der Waals surface area contributed by atoms with Crippen LogP contribution in [0.15, 0.2) is 24.4 Å². The summed E-state index contributed by atoms with van der Waals surface area (Å²) in [6, 6.07) is 6.26. The van der Waals surface area contributed by atoms with Crippen molar-refractivity contribution in [1.82, 2.24) is 9.78 Å². The second kappa shape index (κ2) is 5.32. The topological polar surface area (TPSA) is 100 Å². The minimum atomic E-state index is -0.537. The second-order valence-corrected chi connectivity index (χ2v) is 3.98. The van der Waals surface area contributed by atoms with Crippen molar-refractivity contribution >= 4 is 11.7 Å². The number of ether oxygens (including phenoxy) is 1. The zero-order valence-electron chi connectivity index (χ0n) is 10.9. The Morgan fingerprint density at radius 2 is 2.30 bits per heavy atom. The van der Waals surface area contributed by atoms with Crippen molar-refractivity contribution < 1.29 is 14.6 Å². The smallest absolute Gasteiger partial charge is 0.260 e. The van der Waals surface area contributed by atoms with Gasteiger partial charge in [0.15, 0.2) is 0 Å². The molecule has 1 heterocycles. The number of aryl methyl sites for hydroxylation is 1. The predicted octanol–water partition coefficient (Wildman–Crippen LogP) is 1.26. The van der Waals surface area contributed by atoms with Gasteiger partial charge in [-0.15, -0.1) is 0 Å². The van der Waals surface area contributed by atoms with Crippen LogP contribution in [0.25, 0.3) is 0 Å². The molecule has 0 unspecified atom stereocenters. The zero-order chi connectivity index (χ0) is 14.7. The summed E-state index contributed by atoms with van der Waals surface area (Å²) in [5, 5.41) is 25.1. The molecule has 0 saturated carbocycles. The number of aromatic hydroxyl groups is 1. The average Bonchev–Trinajstić information content (AvgIpc) is 2.79. The van der Waals surface area contributed by atoms with E-state index in [0.29, 0.717) is 5.75 Å². The molecule has 0 aliphatic heterocycles. The van der Waals surface area contributed by atoms with E-state index in [1.165, 1.54) is 30.1 Å². The van der Waals surface area contributed by atoms with Gasteiger partial charge in [0.25, 0.3) is 5.91 Å². The number of carbonyl (C=O) groups is 1. The fourth-order valence-electron chi connectivity index (χ4n) is 1.67. The van der Waals surface area contributed by atoms with Gasteiger partial charge in [-0.25, -0.2) is 0 Å². The van der Waals surface area contributed by atoms with Crippen molar-refractivity contribution in [3.8, 4) is 17.6 Å². The molecule has 0 aliphatic carbocycles. The van der Waals surface area contributed by atoms with E-state index in [1.54, 1.807) is 13.1 Å². The predicted molar refractivity (Wildman–Crippen MR) is 70.5 cm³/mol. The Morgan fingerprint density at radius 1 is 1.55 bits per heavy atom. The Bertz CT molecular complexity index is 700. The molecule has 2 rings (SSSR count). The van der Waals surface area contributed by atoms with Crippen molar-refractivity contribution in [2.24, 2.45) is 7.05 Å². The molecule has 102 valence electrons. The molecule has 0 radical (unpaired) electrons. The molecule has 0 fully saturated rings. The third kappa shape index (κ3) is 2.40. The van der Waals surface area contributed by atoms with E-state index in [-0.39, 0.29) is 22.7 Å². The Kier molecular flexibility index (Phi) is 3.57. The maximum absolute atomic E-state index is 12.1. The van der Waals surface area contributed by atoms with E-state index in [2.05, 4.69) is 10.4 Å². The first kappa shape index (κ1) is 13.4. The van der Waals surface area contributed by atoms with Crippen LogP contribution in [0.4, 0.5) is 5.82 Å². The molecule has 7 nitrogen and oxygen atoms in total. The first-order chi connectivity index (χ1) is 9.56. The standard InChI is InChI=1S/C13H12N4O3/c1-17-12(8(6-14)7-15-17)16-13(19)10-4-3-9(20-2)5-11(10)18/h3-5,7,18H,1-2H3,(H,16,19). The van der Waals surface area contributed by atoms with E-state index in [1.807, 2.05) is 6.07 Å². The molecule has 2 N–H and O–H groups in total. The van der Waals surface area contributed by atoms with Crippen molar-refractivity contribution in [3.05, 3.63) is 35.5 Å². The van der Waals surface area contributed by atoms with Gasteiger partial charge in [-0.05, 0) is 12.1 Å². The monoisotopic (exact) mass is 272 g/mol. The first-order valence-electron chi connectivity index (χ1n) is 5.67. The number of benzene rings is 1. The van der Waals surface area contributed by atoms with Gasteiger partial charge < -0.3 is 15.2 Å². The fourth-order valence-corrected chi connectivity index (χ4v) is 1.67. The van der Waals surface area contributed by atoms with Gasteiger partial charge in [-0.1, -0.05) is 0 Å². The van der Waals surface area contributed by atoms with Crippen LogP contribution in [0.3, 0.4) is 0 Å². The number of methoxy groups -OCH3 is 1. The highest BCUT2D eigenvalue weighted by atomic mass is 16.5. The molecule has 7 heteroatoms. The van der Waals surface area contributed by atoms with Gasteiger partial charge in [-0.3, -0.25) is 9.48 Å². The number of hydrogen-bond acceptors (Lipinski definition) is 5. The lowest BCUT2D eigenvalue weighted by atomic mass is 10.1. The van der Waals surface area contributed by atoms with Crippen LogP contribution in [0.1, 0.15) is 15.9 Å². The van der Waals surface area contributed by atoms with Gasteiger partial charge in [0.2, 0.25) is 0 Å². The number of amides is 1. The maximum atomic E-state index is 12.1. The molecule has 20 heavy (non-hydrogen) atoms. The van der Waals surface area contributed by atoms with Crippen LogP contribution in [0.5, 0.6) is 11.5 Å². The quantitative estimate of drug-likeness (QED) is 0.876. The lowest BCUT2D eigenvalue weighted by molar-refractivity contribution is 0.102. The Morgan fingerprint density at radius 3 is 2.90 bits per heavy atom. The van der Waals surface area contributed by atoms with E-state index in [9.17, 15) is 9.90 Å². The summed E-state index contributed by atoms with van der Waals surface area (Å²) in [4.78, 5) is 12.1. The third-order valence-corrected chi connectivity index (χ3v) is 2.74. The molecular weight excluding hydrogens is 260 g/mol. The molecule has 0 bridgehead atoms. The van der Waals surface area contributed by atoms with E-state index in [0.717, 1.165) is 0 Å². The van der Waals surface area contributed by atoms with E-state index in [4.69, 9.17) is 10.00 Å². The highest BCUT2D eigenvalue weighted by molar-refractivity contribution is 6.06. The Labute approximate surface area is 115 Å². The molecule has 0 spiro atoms. The first-order valence-corrected chi connectivity index (χ1v) is 5.67. The fraction of sp³-hybridized carbons (Fsp3) is 0.154. The lowest BCUT2D eigenvalue weighted by Gasteiger charge is -2.08. The summed E-state index contributed by atoms with van der Waals surface area (Å²) in [6.45, 7) is 0. The number of rotatable bonds is 3. The number of carbonyl (C=O) groups excluding carboxylic acids is 1. The average molecular weight is 272 g/mol. The van der Waals surface area contributed by atoms with Gasteiger partial charge >= 0.3 is 0 Å². The SMILES string of the molecule is COc1ccc(C(=O)Nc2c(C#N)cnn2C)c(O)c1. The number of hydrogen-bond donors (Lipinski definition) is 2. The third-order valence-electron chi connectivity index (χ3n) is 2.74. The minimum absolute atomic E-state index is 0.0795. The van der Waals surface area contributed by atoms with Crippen molar-refractivity contribution in [2.75, 3.05) is 12.4 Å². The maximum Gasteiger partial charge on any atom is 0.260 e. The van der Waals surface area contributed by atoms with Crippen LogP contribution >= 0.6 is 0 Å². The highest BCUT2D eigenvalue weighted by Gasteiger charge is 2.16. The van der Waals surface area contributed by atoms with Crippen LogP contribution in [0.2, 0.25) is 0 Å². The summed E-state index contributed by atoms with van der Waals surface area (Å²) in [7, 11) is 3.06. The van der Waals surface area contributed by atoms with Crippen molar-refractivity contribution in [2.45, 2.75) is 0 Å². The highest BCUT2D eigenvalue weighted by Crippen LogP contribution is 2.24. The summed E-state index contributed by atoms with van der Waals surface area (Å²) >= 11 is 0. The molecule has 2 aromatic rings. The van der Waals surface area contributed by atoms with Crippen LogP contribution in [-0.4, -0.2) is 27.9 Å². The number of nitriles is 1. The number of phenols is 1. The minimum Gasteiger partial charge on any atom is -0.507 e. The van der Waals surface area contributed by atoms with Crippen LogP contribution < -0.4 is 10.1 Å². The normalized spacial score (nSPS) is 9.85. The number of nitrogens with one attached hydrogen (secondary N) is 1. The molecule has 1 aromatic carbocycles. The number of nitrogens with zero attached hydrogens (tertiary/aromatic N) is 3. The zero-order valence-corrected chi connectivity index (χ0v) is 10.9. The molecule has 0 aliphatic rings. The molecule has 0 atom stereocenters. The van der Waals surface area contributed by atoms with E-state index >= 15 is 0 Å². The van der Waals surface area contributed by atoms with Gasteiger partial charge in [0.1, 0.15) is 28.9 Å². The summed E-state index contributed by atoms with van der Waals surface area (Å²) in [5.41, 5.74) is 0.324. The molecule has 1 aromatic heterocycles. The second-order valence-electron chi connectivity index (χ2n) is 3.98. The number of anilines is 1. The summed E-state index contributed by atoms with van der Waals surface area (Å²) in [5.74, 6) is -0.0298. The van der Waals surface area contributed by atoms with Crippen molar-refractivity contribution in [3.63, 3.8) is 0 Å². The number of phenolic OH excluding ortho intramolecular Hbond substituents is 1. The van der Waals surface area contributed by atoms with Crippen LogP contribution in [-0.2, 0) is 7.05 Å². The van der Waals surface area contributed by atoms with Gasteiger partial charge in [0, 0.05) is 13.1 Å². The molecular formula is C13H12N4O3.